The van der Waals surface area contributed by atoms with Crippen molar-refractivity contribution in [1.29, 1.82) is 0 Å². The van der Waals surface area contributed by atoms with Crippen molar-refractivity contribution in [3.8, 4) is 5.75 Å². The van der Waals surface area contributed by atoms with E-state index in [0.29, 0.717) is 23.6 Å². The van der Waals surface area contributed by atoms with E-state index in [1.165, 1.54) is 6.08 Å². The fraction of sp³-hybridized carbons (Fsp3) is 0.391. The van der Waals surface area contributed by atoms with Gasteiger partial charge in [0, 0.05) is 5.02 Å². The molecule has 0 aromatic heterocycles. The lowest BCUT2D eigenvalue weighted by Crippen LogP contribution is -2.42. The predicted octanol–water partition coefficient (Wildman–Crippen LogP) is 2.38. The molecule has 0 bridgehead atoms. The minimum absolute atomic E-state index is 0.154. The molecule has 4 atom stereocenters. The van der Waals surface area contributed by atoms with Gasteiger partial charge in [0.1, 0.15) is 30.2 Å². The first-order valence-corrected chi connectivity index (χ1v) is 10.2. The highest BCUT2D eigenvalue weighted by atomic mass is 35.5. The molecule has 0 saturated carbocycles. The smallest absolute Gasteiger partial charge is 0.119 e. The highest BCUT2D eigenvalue weighted by molar-refractivity contribution is 6.31. The van der Waals surface area contributed by atoms with Gasteiger partial charge in [0.25, 0.3) is 0 Å². The lowest BCUT2D eigenvalue weighted by Gasteiger charge is -2.28. The Bertz CT molecular complexity index is 836. The summed E-state index contributed by atoms with van der Waals surface area (Å²) in [5.41, 5.74) is 2.24. The van der Waals surface area contributed by atoms with E-state index in [4.69, 9.17) is 16.3 Å². The standard InChI is InChI=1S/C23H29ClO6/c1-3-15(13-25)20(26)22(28)23(29)21(27)16-7-10-19(24)17(12-16)11-14-5-8-18(9-6-14)30-4-2/h3,5-10,12,20-23,25-29H,4,11,13H2,1-2H3/b15-3-/t20-,21+,22+,23+/m1/s1. The SMILES string of the molecule is C/C=C(/CO)[C@@H](O)[C@H](O)[C@@H](O)[C@@H](O)c1ccc(Cl)c(Cc2ccc(OCC)cc2)c1. The van der Waals surface area contributed by atoms with Gasteiger partial charge in [0.15, 0.2) is 0 Å². The lowest BCUT2D eigenvalue weighted by atomic mass is 9.92. The molecule has 0 spiro atoms. The van der Waals surface area contributed by atoms with E-state index in [-0.39, 0.29) is 5.57 Å². The van der Waals surface area contributed by atoms with Gasteiger partial charge in [-0.25, -0.2) is 0 Å². The third-order valence-electron chi connectivity index (χ3n) is 4.97. The van der Waals surface area contributed by atoms with Gasteiger partial charge in [0.2, 0.25) is 0 Å². The van der Waals surface area contributed by atoms with Crippen LogP contribution in [0.3, 0.4) is 0 Å². The van der Waals surface area contributed by atoms with Crippen molar-refractivity contribution in [3.05, 3.63) is 75.8 Å². The third-order valence-corrected chi connectivity index (χ3v) is 5.34. The number of allylic oxidation sites excluding steroid dienone is 1. The number of aliphatic hydroxyl groups excluding tert-OH is 5. The quantitative estimate of drug-likeness (QED) is 0.366. The first-order chi connectivity index (χ1) is 14.3. The van der Waals surface area contributed by atoms with E-state index in [9.17, 15) is 25.5 Å². The van der Waals surface area contributed by atoms with E-state index in [1.807, 2.05) is 31.2 Å². The molecule has 0 unspecified atom stereocenters. The van der Waals surface area contributed by atoms with Gasteiger partial charge >= 0.3 is 0 Å². The maximum Gasteiger partial charge on any atom is 0.119 e. The third kappa shape index (κ3) is 6.04. The Hall–Kier alpha value is -1.93. The predicted molar refractivity (Wildman–Crippen MR) is 116 cm³/mol. The van der Waals surface area contributed by atoms with Gasteiger partial charge in [-0.3, -0.25) is 0 Å². The molecule has 0 heterocycles. The molecule has 7 heteroatoms. The number of hydrogen-bond acceptors (Lipinski definition) is 6. The van der Waals surface area contributed by atoms with Crippen molar-refractivity contribution in [2.24, 2.45) is 0 Å². The van der Waals surface area contributed by atoms with Gasteiger partial charge in [-0.15, -0.1) is 0 Å². The van der Waals surface area contributed by atoms with Gasteiger partial charge in [-0.1, -0.05) is 41.9 Å². The van der Waals surface area contributed by atoms with Crippen LogP contribution in [0.25, 0.3) is 0 Å². The van der Waals surface area contributed by atoms with E-state index in [0.717, 1.165) is 16.9 Å². The Morgan fingerprint density at radius 2 is 1.70 bits per heavy atom. The molecular formula is C23H29ClO6. The summed E-state index contributed by atoms with van der Waals surface area (Å²) in [5.74, 6) is 0.774. The summed E-state index contributed by atoms with van der Waals surface area (Å²) in [7, 11) is 0. The van der Waals surface area contributed by atoms with Crippen LogP contribution >= 0.6 is 11.6 Å². The number of rotatable bonds is 10. The monoisotopic (exact) mass is 436 g/mol. The number of hydrogen-bond donors (Lipinski definition) is 5. The molecule has 164 valence electrons. The largest absolute Gasteiger partial charge is 0.494 e. The second kappa shape index (κ2) is 11.5. The van der Waals surface area contributed by atoms with E-state index < -0.39 is 31.0 Å². The molecule has 30 heavy (non-hydrogen) atoms. The normalized spacial score (nSPS) is 16.1. The molecule has 2 aromatic carbocycles. The van der Waals surface area contributed by atoms with Crippen LogP contribution in [0.1, 0.15) is 36.6 Å². The Kier molecular flexibility index (Phi) is 9.30. The summed E-state index contributed by atoms with van der Waals surface area (Å²) in [5, 5.41) is 51.0. The first kappa shape index (κ1) is 24.3. The molecule has 5 N–H and O–H groups in total. The molecule has 0 aliphatic heterocycles. The molecule has 0 aliphatic carbocycles. The number of benzene rings is 2. The maximum atomic E-state index is 10.5. The minimum atomic E-state index is -1.68. The molecule has 0 fully saturated rings. The molecule has 6 nitrogen and oxygen atoms in total. The van der Waals surface area contributed by atoms with Gasteiger partial charge in [-0.2, -0.15) is 0 Å². The molecule has 2 aromatic rings. The topological polar surface area (TPSA) is 110 Å². The zero-order chi connectivity index (χ0) is 22.3. The van der Waals surface area contributed by atoms with Crippen molar-refractivity contribution in [2.75, 3.05) is 13.2 Å². The molecule has 0 saturated heterocycles. The zero-order valence-corrected chi connectivity index (χ0v) is 17.8. The average Bonchev–Trinajstić information content (AvgIpc) is 2.76. The first-order valence-electron chi connectivity index (χ1n) is 9.80. The second-order valence-electron chi connectivity index (χ2n) is 7.00. The molecule has 0 amide bonds. The highest BCUT2D eigenvalue weighted by Crippen LogP contribution is 2.28. The number of ether oxygens (including phenoxy) is 1. The lowest BCUT2D eigenvalue weighted by molar-refractivity contribution is -0.0983. The summed E-state index contributed by atoms with van der Waals surface area (Å²) in [6.45, 7) is 3.63. The average molecular weight is 437 g/mol. The van der Waals surface area contributed by atoms with Crippen molar-refractivity contribution < 1.29 is 30.3 Å². The van der Waals surface area contributed by atoms with Gasteiger partial charge in [0.05, 0.1) is 13.2 Å². The van der Waals surface area contributed by atoms with Crippen molar-refractivity contribution >= 4 is 11.6 Å². The molecular weight excluding hydrogens is 408 g/mol. The second-order valence-corrected chi connectivity index (χ2v) is 7.40. The van der Waals surface area contributed by atoms with Crippen LogP contribution in [0.15, 0.2) is 54.1 Å². The summed E-state index contributed by atoms with van der Waals surface area (Å²) >= 11 is 6.31. The summed E-state index contributed by atoms with van der Waals surface area (Å²) in [6.07, 6.45) is -4.35. The number of aliphatic hydroxyl groups is 5. The van der Waals surface area contributed by atoms with Crippen LogP contribution in [0, 0.1) is 0 Å². The van der Waals surface area contributed by atoms with Crippen molar-refractivity contribution in [2.45, 2.75) is 44.7 Å². The van der Waals surface area contributed by atoms with E-state index in [2.05, 4.69) is 0 Å². The van der Waals surface area contributed by atoms with E-state index >= 15 is 0 Å². The fourth-order valence-corrected chi connectivity index (χ4v) is 3.33. The van der Waals surface area contributed by atoms with Crippen LogP contribution in [0.5, 0.6) is 5.75 Å². The summed E-state index contributed by atoms with van der Waals surface area (Å²) in [4.78, 5) is 0. The van der Waals surface area contributed by atoms with Crippen LogP contribution in [0.4, 0.5) is 0 Å². The van der Waals surface area contributed by atoms with Gasteiger partial charge < -0.3 is 30.3 Å². The Morgan fingerprint density at radius 3 is 2.27 bits per heavy atom. The van der Waals surface area contributed by atoms with Crippen molar-refractivity contribution in [1.82, 2.24) is 0 Å². The number of halogens is 1. The zero-order valence-electron chi connectivity index (χ0n) is 17.1. The van der Waals surface area contributed by atoms with Crippen LogP contribution < -0.4 is 4.74 Å². The Labute approximate surface area is 181 Å². The minimum Gasteiger partial charge on any atom is -0.494 e. The fourth-order valence-electron chi connectivity index (χ4n) is 3.15. The molecule has 0 radical (unpaired) electrons. The molecule has 2 rings (SSSR count). The van der Waals surface area contributed by atoms with Crippen LogP contribution in [-0.2, 0) is 6.42 Å². The Morgan fingerprint density at radius 1 is 1.03 bits per heavy atom. The Balaban J connectivity index is 2.18. The van der Waals surface area contributed by atoms with Crippen LogP contribution in [-0.4, -0.2) is 57.1 Å². The molecule has 0 aliphatic rings. The van der Waals surface area contributed by atoms with Crippen LogP contribution in [0.2, 0.25) is 5.02 Å². The van der Waals surface area contributed by atoms with Gasteiger partial charge in [-0.05, 0) is 60.7 Å². The maximum absolute atomic E-state index is 10.5. The van der Waals surface area contributed by atoms with E-state index in [1.54, 1.807) is 25.1 Å². The summed E-state index contributed by atoms with van der Waals surface area (Å²) in [6, 6.07) is 12.4. The summed E-state index contributed by atoms with van der Waals surface area (Å²) < 4.78 is 5.44. The highest BCUT2D eigenvalue weighted by Gasteiger charge is 2.32. The van der Waals surface area contributed by atoms with Crippen molar-refractivity contribution in [3.63, 3.8) is 0 Å².